The van der Waals surface area contributed by atoms with Crippen LogP contribution in [0.15, 0.2) is 24.3 Å². The number of hydrogen-bond donors (Lipinski definition) is 1. The van der Waals surface area contributed by atoms with Crippen molar-refractivity contribution in [1.29, 1.82) is 0 Å². The van der Waals surface area contributed by atoms with Crippen LogP contribution in [-0.2, 0) is 10.2 Å². The van der Waals surface area contributed by atoms with Gasteiger partial charge < -0.3 is 14.6 Å². The third-order valence-corrected chi connectivity index (χ3v) is 3.72. The van der Waals surface area contributed by atoms with E-state index in [0.29, 0.717) is 13.2 Å². The van der Waals surface area contributed by atoms with E-state index in [1.54, 1.807) is 0 Å². The summed E-state index contributed by atoms with van der Waals surface area (Å²) in [6, 6.07) is 8.11. The van der Waals surface area contributed by atoms with Crippen LogP contribution in [0.5, 0.6) is 5.75 Å². The Bertz CT molecular complexity index is 436. The highest BCUT2D eigenvalue weighted by Gasteiger charge is 2.16. The smallest absolute Gasteiger partial charge is 0.119 e. The quantitative estimate of drug-likeness (QED) is 0.902. The van der Waals surface area contributed by atoms with E-state index < -0.39 is 6.10 Å². The summed E-state index contributed by atoms with van der Waals surface area (Å²) < 4.78 is 11.0. The number of rotatable bonds is 5. The van der Waals surface area contributed by atoms with Gasteiger partial charge in [0, 0.05) is 19.6 Å². The van der Waals surface area contributed by atoms with E-state index >= 15 is 0 Å². The van der Waals surface area contributed by atoms with Gasteiger partial charge in [0.05, 0.1) is 13.2 Å². The van der Waals surface area contributed by atoms with Gasteiger partial charge >= 0.3 is 0 Å². The lowest BCUT2D eigenvalue weighted by Crippen LogP contribution is -2.42. The van der Waals surface area contributed by atoms with Crippen molar-refractivity contribution in [2.24, 2.45) is 0 Å². The Labute approximate surface area is 127 Å². The first-order valence-electron chi connectivity index (χ1n) is 7.66. The summed E-state index contributed by atoms with van der Waals surface area (Å²) in [5.41, 5.74) is 1.34. The third kappa shape index (κ3) is 5.30. The summed E-state index contributed by atoms with van der Waals surface area (Å²) in [5, 5.41) is 10.1. The highest BCUT2D eigenvalue weighted by Crippen LogP contribution is 2.25. The Morgan fingerprint density at radius 3 is 2.67 bits per heavy atom. The molecule has 2 rings (SSSR count). The zero-order valence-corrected chi connectivity index (χ0v) is 13.3. The van der Waals surface area contributed by atoms with E-state index in [1.165, 1.54) is 5.56 Å². The molecule has 118 valence electrons. The summed E-state index contributed by atoms with van der Waals surface area (Å²) in [6.07, 6.45) is -0.471. The molecule has 1 aromatic rings. The van der Waals surface area contributed by atoms with Crippen LogP contribution < -0.4 is 4.74 Å². The van der Waals surface area contributed by atoms with E-state index in [-0.39, 0.29) is 5.41 Å². The number of morpholine rings is 1. The lowest BCUT2D eigenvalue weighted by molar-refractivity contribution is 0.00464. The molecule has 1 saturated heterocycles. The van der Waals surface area contributed by atoms with Gasteiger partial charge in [-0.15, -0.1) is 0 Å². The predicted molar refractivity (Wildman–Crippen MR) is 83.9 cm³/mol. The Balaban J connectivity index is 1.82. The summed E-state index contributed by atoms with van der Waals surface area (Å²) >= 11 is 0. The first kappa shape index (κ1) is 16.3. The molecule has 0 bridgehead atoms. The topological polar surface area (TPSA) is 41.9 Å². The second kappa shape index (κ2) is 7.25. The van der Waals surface area contributed by atoms with Gasteiger partial charge in [0.1, 0.15) is 18.5 Å². The van der Waals surface area contributed by atoms with Crippen molar-refractivity contribution >= 4 is 0 Å². The van der Waals surface area contributed by atoms with Crippen LogP contribution in [0.1, 0.15) is 26.3 Å². The first-order chi connectivity index (χ1) is 9.95. The fraction of sp³-hybridized carbons (Fsp3) is 0.647. The molecule has 0 amide bonds. The van der Waals surface area contributed by atoms with Gasteiger partial charge in [0.15, 0.2) is 0 Å². The molecule has 1 aliphatic heterocycles. The minimum atomic E-state index is -0.471. The van der Waals surface area contributed by atoms with Gasteiger partial charge in [-0.1, -0.05) is 32.9 Å². The van der Waals surface area contributed by atoms with Crippen LogP contribution in [-0.4, -0.2) is 55.6 Å². The number of β-amino-alcohol motifs (C(OH)–C–C–N with tert-alkyl or cyclic N) is 1. The van der Waals surface area contributed by atoms with Gasteiger partial charge in [0.25, 0.3) is 0 Å². The van der Waals surface area contributed by atoms with Crippen molar-refractivity contribution < 1.29 is 14.6 Å². The van der Waals surface area contributed by atoms with Crippen molar-refractivity contribution in [3.05, 3.63) is 29.8 Å². The van der Waals surface area contributed by atoms with Crippen molar-refractivity contribution in [3.63, 3.8) is 0 Å². The molecule has 1 aliphatic rings. The van der Waals surface area contributed by atoms with Crippen LogP contribution in [0, 0.1) is 0 Å². The maximum atomic E-state index is 10.1. The lowest BCUT2D eigenvalue weighted by Gasteiger charge is -2.28. The van der Waals surface area contributed by atoms with E-state index in [0.717, 1.165) is 32.1 Å². The highest BCUT2D eigenvalue weighted by molar-refractivity contribution is 5.32. The first-order valence-corrected chi connectivity index (χ1v) is 7.66. The van der Waals surface area contributed by atoms with Crippen molar-refractivity contribution in [1.82, 2.24) is 4.90 Å². The summed E-state index contributed by atoms with van der Waals surface area (Å²) in [4.78, 5) is 2.21. The fourth-order valence-electron chi connectivity index (χ4n) is 2.38. The van der Waals surface area contributed by atoms with Crippen LogP contribution in [0.25, 0.3) is 0 Å². The Hall–Kier alpha value is -1.10. The van der Waals surface area contributed by atoms with Gasteiger partial charge in [-0.25, -0.2) is 0 Å². The molecule has 0 aliphatic carbocycles. The average Bonchev–Trinajstić information content (AvgIpc) is 2.46. The van der Waals surface area contributed by atoms with Crippen LogP contribution in [0.3, 0.4) is 0 Å². The van der Waals surface area contributed by atoms with Crippen LogP contribution in [0.2, 0.25) is 0 Å². The predicted octanol–water partition coefficient (Wildman–Crippen LogP) is 2.06. The molecule has 1 heterocycles. The molecule has 1 atom stereocenters. The lowest BCUT2D eigenvalue weighted by atomic mass is 9.87. The SMILES string of the molecule is CC(C)(C)c1cccc(OCC(O)CN2CCOCC2)c1. The van der Waals surface area contributed by atoms with Gasteiger partial charge in [0.2, 0.25) is 0 Å². The molecule has 0 spiro atoms. The standard InChI is InChI=1S/C17H27NO3/c1-17(2,3)14-5-4-6-16(11-14)21-13-15(19)12-18-7-9-20-10-8-18/h4-6,11,15,19H,7-10,12-13H2,1-3H3. The number of aliphatic hydroxyl groups is 1. The zero-order valence-electron chi connectivity index (χ0n) is 13.3. The fourth-order valence-corrected chi connectivity index (χ4v) is 2.38. The van der Waals surface area contributed by atoms with Crippen molar-refractivity contribution in [2.75, 3.05) is 39.5 Å². The Kier molecular flexibility index (Phi) is 5.62. The second-order valence-corrected chi connectivity index (χ2v) is 6.66. The number of hydrogen-bond acceptors (Lipinski definition) is 4. The number of nitrogens with zero attached hydrogens (tertiary/aromatic N) is 1. The maximum absolute atomic E-state index is 10.1. The number of benzene rings is 1. The monoisotopic (exact) mass is 293 g/mol. The van der Waals surface area contributed by atoms with Crippen molar-refractivity contribution in [2.45, 2.75) is 32.3 Å². The molecule has 4 heteroatoms. The summed E-state index contributed by atoms with van der Waals surface area (Å²) in [5.74, 6) is 0.823. The minimum Gasteiger partial charge on any atom is -0.491 e. The Morgan fingerprint density at radius 2 is 2.00 bits per heavy atom. The van der Waals surface area contributed by atoms with E-state index in [9.17, 15) is 5.11 Å². The van der Waals surface area contributed by atoms with Gasteiger partial charge in [-0.2, -0.15) is 0 Å². The molecule has 1 aromatic carbocycles. The zero-order chi connectivity index (χ0) is 15.3. The maximum Gasteiger partial charge on any atom is 0.119 e. The van der Waals surface area contributed by atoms with Gasteiger partial charge in [-0.3, -0.25) is 4.90 Å². The minimum absolute atomic E-state index is 0.103. The van der Waals surface area contributed by atoms with Gasteiger partial charge in [-0.05, 0) is 23.1 Å². The Morgan fingerprint density at radius 1 is 1.29 bits per heavy atom. The molecular formula is C17H27NO3. The van der Waals surface area contributed by atoms with Crippen molar-refractivity contribution in [3.8, 4) is 5.75 Å². The highest BCUT2D eigenvalue weighted by atomic mass is 16.5. The molecule has 0 aromatic heterocycles. The molecule has 1 fully saturated rings. The molecule has 4 nitrogen and oxygen atoms in total. The van der Waals surface area contributed by atoms with Crippen LogP contribution >= 0.6 is 0 Å². The number of ether oxygens (including phenoxy) is 2. The average molecular weight is 293 g/mol. The second-order valence-electron chi connectivity index (χ2n) is 6.66. The number of aliphatic hydroxyl groups excluding tert-OH is 1. The third-order valence-electron chi connectivity index (χ3n) is 3.72. The molecular weight excluding hydrogens is 266 g/mol. The van der Waals surface area contributed by atoms with E-state index in [2.05, 4.69) is 37.8 Å². The molecule has 21 heavy (non-hydrogen) atoms. The summed E-state index contributed by atoms with van der Waals surface area (Å²) in [7, 11) is 0. The molecule has 0 saturated carbocycles. The van der Waals surface area contributed by atoms with Crippen LogP contribution in [0.4, 0.5) is 0 Å². The normalized spacial score (nSPS) is 18.5. The summed E-state index contributed by atoms with van der Waals surface area (Å²) in [6.45, 7) is 10.8. The largest absolute Gasteiger partial charge is 0.491 e. The van der Waals surface area contributed by atoms with E-state index in [1.807, 2.05) is 12.1 Å². The molecule has 1 unspecified atom stereocenters. The molecule has 0 radical (unpaired) electrons. The molecule has 1 N–H and O–H groups in total. The van der Waals surface area contributed by atoms with E-state index in [4.69, 9.17) is 9.47 Å².